The summed E-state index contributed by atoms with van der Waals surface area (Å²) >= 11 is 6.32. The van der Waals surface area contributed by atoms with E-state index in [1.54, 1.807) is 4.90 Å². The Morgan fingerprint density at radius 3 is 2.52 bits per heavy atom. The summed E-state index contributed by atoms with van der Waals surface area (Å²) in [4.78, 5) is 40.1. The van der Waals surface area contributed by atoms with Gasteiger partial charge in [-0.25, -0.2) is 0 Å². The number of nitrogens with zero attached hydrogens (tertiary/aromatic N) is 2. The highest BCUT2D eigenvalue weighted by Crippen LogP contribution is 2.44. The van der Waals surface area contributed by atoms with E-state index < -0.39 is 11.9 Å². The number of aliphatic carboxylic acids is 1. The first-order valence-corrected chi connectivity index (χ1v) is 9.94. The van der Waals surface area contributed by atoms with Crippen LogP contribution in [0.3, 0.4) is 0 Å². The molecule has 0 radical (unpaired) electrons. The molecule has 2 amide bonds. The zero-order valence-electron chi connectivity index (χ0n) is 15.1. The molecule has 0 aliphatic carbocycles. The highest BCUT2D eigenvalue weighted by molar-refractivity contribution is 8.26. The average Bonchev–Trinajstić information content (AvgIpc) is 3.04. The smallest absolute Gasteiger partial charge is 0.305 e. The number of carbonyl (C=O) groups excluding carboxylic acids is 2. The third-order valence-electron chi connectivity index (χ3n) is 4.48. The molecule has 0 aromatic heterocycles. The van der Waals surface area contributed by atoms with E-state index in [2.05, 4.69) is 13.8 Å². The normalized spacial score (nSPS) is 19.4. The Morgan fingerprint density at radius 2 is 1.85 bits per heavy atom. The van der Waals surface area contributed by atoms with Gasteiger partial charge in [-0.05, 0) is 18.4 Å². The Morgan fingerprint density at radius 1 is 1.15 bits per heavy atom. The summed E-state index contributed by atoms with van der Waals surface area (Å²) in [5, 5.41) is 8.87. The van der Waals surface area contributed by atoms with Gasteiger partial charge in [-0.3, -0.25) is 19.3 Å². The van der Waals surface area contributed by atoms with Gasteiger partial charge in [0.2, 0.25) is 0 Å². The monoisotopic (exact) mass is 404 g/mol. The second-order valence-corrected chi connectivity index (χ2v) is 8.47. The van der Waals surface area contributed by atoms with Crippen molar-refractivity contribution in [2.24, 2.45) is 5.92 Å². The van der Waals surface area contributed by atoms with Crippen LogP contribution in [0, 0.1) is 5.92 Å². The number of para-hydroxylation sites is 1. The maximum Gasteiger partial charge on any atom is 0.305 e. The molecule has 8 heteroatoms. The number of hydrogen-bond acceptors (Lipinski definition) is 5. The van der Waals surface area contributed by atoms with E-state index in [0.717, 1.165) is 29.4 Å². The molecule has 27 heavy (non-hydrogen) atoms. The van der Waals surface area contributed by atoms with Crippen molar-refractivity contribution in [2.75, 3.05) is 18.0 Å². The van der Waals surface area contributed by atoms with E-state index in [0.29, 0.717) is 18.0 Å². The first kappa shape index (κ1) is 19.6. The van der Waals surface area contributed by atoms with E-state index in [-0.39, 0.29) is 28.1 Å². The van der Waals surface area contributed by atoms with Crippen LogP contribution in [0.4, 0.5) is 5.69 Å². The van der Waals surface area contributed by atoms with E-state index >= 15 is 0 Å². The summed E-state index contributed by atoms with van der Waals surface area (Å²) in [5.74, 6) is -1.15. The Labute approximate surface area is 167 Å². The molecule has 3 rings (SSSR count). The van der Waals surface area contributed by atoms with Crippen molar-refractivity contribution in [1.82, 2.24) is 4.90 Å². The molecule has 0 spiro atoms. The van der Waals surface area contributed by atoms with Gasteiger partial charge in [-0.1, -0.05) is 56.0 Å². The van der Waals surface area contributed by atoms with E-state index in [9.17, 15) is 14.4 Å². The number of carboxylic acids is 1. The lowest BCUT2D eigenvalue weighted by atomic mass is 10.1. The predicted molar refractivity (Wildman–Crippen MR) is 109 cm³/mol. The Bertz CT molecular complexity index is 863. The van der Waals surface area contributed by atoms with Crippen LogP contribution in [0.1, 0.15) is 32.3 Å². The van der Waals surface area contributed by atoms with Crippen molar-refractivity contribution in [1.29, 1.82) is 0 Å². The maximum atomic E-state index is 13.1. The van der Waals surface area contributed by atoms with Crippen LogP contribution in [0.15, 0.2) is 29.2 Å². The highest BCUT2D eigenvalue weighted by atomic mass is 32.2. The number of anilines is 1. The summed E-state index contributed by atoms with van der Waals surface area (Å²) in [6.45, 7) is 4.78. The lowest BCUT2D eigenvalue weighted by Crippen LogP contribution is -2.31. The van der Waals surface area contributed by atoms with Gasteiger partial charge in [0.15, 0.2) is 0 Å². The summed E-state index contributed by atoms with van der Waals surface area (Å²) in [5.41, 5.74) is 1.89. The fraction of sp³-hybridized carbons (Fsp3) is 0.368. The van der Waals surface area contributed by atoms with E-state index in [1.807, 2.05) is 24.3 Å². The number of carbonyl (C=O) groups is 3. The zero-order chi connectivity index (χ0) is 19.7. The van der Waals surface area contributed by atoms with Gasteiger partial charge in [0.1, 0.15) is 4.32 Å². The molecule has 0 saturated carbocycles. The van der Waals surface area contributed by atoms with Crippen LogP contribution >= 0.6 is 24.0 Å². The van der Waals surface area contributed by atoms with E-state index in [4.69, 9.17) is 17.3 Å². The average molecular weight is 405 g/mol. The largest absolute Gasteiger partial charge is 0.481 e. The summed E-state index contributed by atoms with van der Waals surface area (Å²) < 4.78 is 0.287. The molecule has 1 fully saturated rings. The van der Waals surface area contributed by atoms with E-state index in [1.165, 1.54) is 4.90 Å². The highest BCUT2D eigenvalue weighted by Gasteiger charge is 2.41. The first-order valence-electron chi connectivity index (χ1n) is 8.72. The first-order chi connectivity index (χ1) is 12.8. The van der Waals surface area contributed by atoms with Gasteiger partial charge < -0.3 is 10.0 Å². The number of benzene rings is 1. The molecule has 0 unspecified atom stereocenters. The number of rotatable bonds is 6. The Balaban J connectivity index is 1.98. The molecule has 2 aliphatic rings. The molecule has 0 atom stereocenters. The van der Waals surface area contributed by atoms with Gasteiger partial charge in [-0.2, -0.15) is 0 Å². The molecule has 0 bridgehead atoms. The zero-order valence-corrected chi connectivity index (χ0v) is 16.7. The molecule has 2 aliphatic heterocycles. The number of amides is 2. The fourth-order valence-electron chi connectivity index (χ4n) is 3.06. The molecule has 1 aromatic carbocycles. The lowest BCUT2D eigenvalue weighted by molar-refractivity contribution is -0.137. The number of thiocarbonyl (C=S) groups is 1. The minimum absolute atomic E-state index is 0.00365. The van der Waals surface area contributed by atoms with Gasteiger partial charge in [0.25, 0.3) is 11.8 Å². The van der Waals surface area contributed by atoms with Crippen LogP contribution in [0.2, 0.25) is 0 Å². The van der Waals surface area contributed by atoms with Gasteiger partial charge >= 0.3 is 5.97 Å². The van der Waals surface area contributed by atoms with Gasteiger partial charge in [0, 0.05) is 18.7 Å². The molecule has 2 heterocycles. The number of thioether (sulfide) groups is 1. The van der Waals surface area contributed by atoms with Crippen molar-refractivity contribution >= 4 is 57.3 Å². The van der Waals surface area contributed by atoms with Crippen LogP contribution in [-0.4, -0.2) is 45.2 Å². The molecule has 1 N–H and O–H groups in total. The topological polar surface area (TPSA) is 77.9 Å². The quantitative estimate of drug-likeness (QED) is 0.580. The third-order valence-corrected chi connectivity index (χ3v) is 5.93. The SMILES string of the molecule is CC(C)CCN1C(=O)C(=C2SC(=S)N(CCC(=O)O)C2=O)c2ccccc21. The minimum atomic E-state index is -1.00. The summed E-state index contributed by atoms with van der Waals surface area (Å²) in [7, 11) is 0. The van der Waals surface area contributed by atoms with Crippen molar-refractivity contribution < 1.29 is 19.5 Å². The van der Waals surface area contributed by atoms with Gasteiger partial charge in [0.05, 0.1) is 22.6 Å². The van der Waals surface area contributed by atoms with Crippen molar-refractivity contribution in [3.8, 4) is 0 Å². The fourth-order valence-corrected chi connectivity index (χ4v) is 4.44. The number of fused-ring (bicyclic) bond motifs is 1. The predicted octanol–water partition coefficient (Wildman–Crippen LogP) is 3.13. The molecule has 142 valence electrons. The standard InChI is InChI=1S/C19H20N2O4S2/c1-11(2)7-9-20-13-6-4-3-5-12(13)15(17(20)24)16-18(25)21(19(26)27-16)10-8-14(22)23/h3-6,11H,7-10H2,1-2H3,(H,22,23). The molecule has 1 saturated heterocycles. The van der Waals surface area contributed by atoms with Crippen LogP contribution in [-0.2, 0) is 14.4 Å². The summed E-state index contributed by atoms with van der Waals surface area (Å²) in [6.07, 6.45) is 0.660. The lowest BCUT2D eigenvalue weighted by Gasteiger charge is -2.18. The van der Waals surface area contributed by atoms with Crippen LogP contribution in [0.25, 0.3) is 5.57 Å². The van der Waals surface area contributed by atoms with Crippen LogP contribution in [0.5, 0.6) is 0 Å². The maximum absolute atomic E-state index is 13.1. The summed E-state index contributed by atoms with van der Waals surface area (Å²) in [6, 6.07) is 7.42. The molecule has 6 nitrogen and oxygen atoms in total. The Hall–Kier alpha value is -2.19. The van der Waals surface area contributed by atoms with Crippen molar-refractivity contribution in [3.63, 3.8) is 0 Å². The Kier molecular flexibility index (Phi) is 5.67. The van der Waals surface area contributed by atoms with Crippen molar-refractivity contribution in [2.45, 2.75) is 26.7 Å². The second-order valence-electron chi connectivity index (χ2n) is 6.83. The molecular formula is C19H20N2O4S2. The van der Waals surface area contributed by atoms with Gasteiger partial charge in [-0.15, -0.1) is 0 Å². The molecular weight excluding hydrogens is 384 g/mol. The molecule has 1 aromatic rings. The van der Waals surface area contributed by atoms with Crippen molar-refractivity contribution in [3.05, 3.63) is 34.7 Å². The minimum Gasteiger partial charge on any atom is -0.481 e. The second kappa shape index (κ2) is 7.82. The number of carboxylic acid groups (broad SMARTS) is 1. The number of hydrogen-bond donors (Lipinski definition) is 1. The van der Waals surface area contributed by atoms with Crippen LogP contribution < -0.4 is 4.90 Å². The third kappa shape index (κ3) is 3.77.